The topological polar surface area (TPSA) is 43.1 Å². The summed E-state index contributed by atoms with van der Waals surface area (Å²) in [5.74, 6) is 0.241. The number of ketones is 1. The minimum Gasteiger partial charge on any atom is -0.327 e. The first-order chi connectivity index (χ1) is 7.61. The van der Waals surface area contributed by atoms with Gasteiger partial charge in [0.05, 0.1) is 0 Å². The molecule has 0 amide bonds. The van der Waals surface area contributed by atoms with E-state index in [1.807, 2.05) is 31.2 Å². The Morgan fingerprint density at radius 3 is 2.50 bits per heavy atom. The van der Waals surface area contributed by atoms with E-state index >= 15 is 0 Å². The van der Waals surface area contributed by atoms with Crippen molar-refractivity contribution in [2.45, 2.75) is 45.6 Å². The minimum absolute atomic E-state index is 0.0305. The molecule has 1 aromatic rings. The van der Waals surface area contributed by atoms with Crippen LogP contribution in [-0.4, -0.2) is 11.8 Å². The standard InChI is InChI=1S/C14H21NO/c1-3-4-13(15)10-14(16)9-12-7-5-11(2)6-8-12/h5-8,13H,3-4,9-10,15H2,1-2H3. The first-order valence-electron chi connectivity index (χ1n) is 5.94. The number of hydrogen-bond donors (Lipinski definition) is 1. The number of Topliss-reactive ketones (excluding diaryl/α,β-unsaturated/α-hetero) is 1. The molecule has 16 heavy (non-hydrogen) atoms. The fourth-order valence-electron chi connectivity index (χ4n) is 1.77. The van der Waals surface area contributed by atoms with E-state index in [0.717, 1.165) is 18.4 Å². The van der Waals surface area contributed by atoms with Crippen molar-refractivity contribution in [2.75, 3.05) is 0 Å². The van der Waals surface area contributed by atoms with Gasteiger partial charge in [-0.05, 0) is 18.9 Å². The van der Waals surface area contributed by atoms with Crippen LogP contribution in [0, 0.1) is 6.92 Å². The lowest BCUT2D eigenvalue weighted by Gasteiger charge is -2.09. The van der Waals surface area contributed by atoms with Crippen LogP contribution in [0.1, 0.15) is 37.3 Å². The van der Waals surface area contributed by atoms with Gasteiger partial charge in [0, 0.05) is 18.9 Å². The number of aryl methyl sites for hydroxylation is 1. The molecule has 1 atom stereocenters. The number of carbonyl (C=O) groups is 1. The zero-order valence-electron chi connectivity index (χ0n) is 10.2. The predicted molar refractivity (Wildman–Crippen MR) is 67.4 cm³/mol. The molecule has 0 aliphatic heterocycles. The lowest BCUT2D eigenvalue weighted by Crippen LogP contribution is -2.24. The van der Waals surface area contributed by atoms with Crippen molar-refractivity contribution < 1.29 is 4.79 Å². The largest absolute Gasteiger partial charge is 0.327 e. The summed E-state index contributed by atoms with van der Waals surface area (Å²) in [4.78, 5) is 11.7. The Hall–Kier alpha value is -1.15. The van der Waals surface area contributed by atoms with Crippen LogP contribution in [0.3, 0.4) is 0 Å². The van der Waals surface area contributed by atoms with Crippen LogP contribution in [0.2, 0.25) is 0 Å². The lowest BCUT2D eigenvalue weighted by molar-refractivity contribution is -0.118. The van der Waals surface area contributed by atoms with Gasteiger partial charge >= 0.3 is 0 Å². The third-order valence-corrected chi connectivity index (χ3v) is 2.67. The number of rotatable bonds is 6. The smallest absolute Gasteiger partial charge is 0.138 e. The first-order valence-corrected chi connectivity index (χ1v) is 5.94. The quantitative estimate of drug-likeness (QED) is 0.799. The fourth-order valence-corrected chi connectivity index (χ4v) is 1.77. The zero-order chi connectivity index (χ0) is 12.0. The molecule has 2 N–H and O–H groups in total. The average Bonchev–Trinajstić information content (AvgIpc) is 2.21. The second-order valence-corrected chi connectivity index (χ2v) is 4.45. The predicted octanol–water partition coefficient (Wildman–Crippen LogP) is 2.62. The molecule has 1 unspecified atom stereocenters. The highest BCUT2D eigenvalue weighted by molar-refractivity contribution is 5.81. The molecule has 2 heteroatoms. The molecule has 0 aliphatic rings. The van der Waals surface area contributed by atoms with E-state index in [-0.39, 0.29) is 11.8 Å². The van der Waals surface area contributed by atoms with E-state index in [1.54, 1.807) is 0 Å². The van der Waals surface area contributed by atoms with Gasteiger partial charge in [-0.15, -0.1) is 0 Å². The highest BCUT2D eigenvalue weighted by Crippen LogP contribution is 2.07. The van der Waals surface area contributed by atoms with Crippen molar-refractivity contribution in [1.82, 2.24) is 0 Å². The zero-order valence-corrected chi connectivity index (χ0v) is 10.2. The Morgan fingerprint density at radius 1 is 1.31 bits per heavy atom. The Labute approximate surface area is 97.9 Å². The highest BCUT2D eigenvalue weighted by atomic mass is 16.1. The Balaban J connectivity index is 2.42. The van der Waals surface area contributed by atoms with Crippen LogP contribution >= 0.6 is 0 Å². The Kier molecular flexibility index (Phi) is 5.20. The second kappa shape index (κ2) is 6.44. The summed E-state index contributed by atoms with van der Waals surface area (Å²) in [6.07, 6.45) is 2.98. The maximum Gasteiger partial charge on any atom is 0.138 e. The van der Waals surface area contributed by atoms with E-state index in [2.05, 4.69) is 6.92 Å². The van der Waals surface area contributed by atoms with Crippen LogP contribution in [0.4, 0.5) is 0 Å². The van der Waals surface area contributed by atoms with Gasteiger partial charge in [0.15, 0.2) is 0 Å². The number of carbonyl (C=O) groups excluding carboxylic acids is 1. The summed E-state index contributed by atoms with van der Waals surface area (Å²) in [5.41, 5.74) is 8.15. The molecule has 0 aromatic heterocycles. The van der Waals surface area contributed by atoms with Crippen LogP contribution in [0.5, 0.6) is 0 Å². The summed E-state index contributed by atoms with van der Waals surface area (Å²) in [6, 6.07) is 8.13. The maximum atomic E-state index is 11.7. The molecule has 0 fully saturated rings. The molecule has 1 aromatic carbocycles. The molecule has 0 aliphatic carbocycles. The monoisotopic (exact) mass is 219 g/mol. The number of hydrogen-bond acceptors (Lipinski definition) is 2. The first kappa shape index (κ1) is 12.9. The average molecular weight is 219 g/mol. The van der Waals surface area contributed by atoms with Crippen molar-refractivity contribution in [3.63, 3.8) is 0 Å². The van der Waals surface area contributed by atoms with Crippen molar-refractivity contribution in [1.29, 1.82) is 0 Å². The Bertz CT molecular complexity index is 329. The van der Waals surface area contributed by atoms with Crippen LogP contribution in [0.25, 0.3) is 0 Å². The van der Waals surface area contributed by atoms with Gasteiger partial charge in [-0.1, -0.05) is 43.2 Å². The van der Waals surface area contributed by atoms with Gasteiger partial charge in [0.2, 0.25) is 0 Å². The van der Waals surface area contributed by atoms with E-state index in [1.165, 1.54) is 5.56 Å². The Morgan fingerprint density at radius 2 is 1.94 bits per heavy atom. The van der Waals surface area contributed by atoms with Crippen LogP contribution in [-0.2, 0) is 11.2 Å². The summed E-state index contributed by atoms with van der Waals surface area (Å²) in [6.45, 7) is 4.13. The molecule has 2 nitrogen and oxygen atoms in total. The van der Waals surface area contributed by atoms with E-state index < -0.39 is 0 Å². The normalized spacial score (nSPS) is 12.4. The minimum atomic E-state index is 0.0305. The van der Waals surface area contributed by atoms with Gasteiger partial charge in [0.25, 0.3) is 0 Å². The van der Waals surface area contributed by atoms with E-state index in [0.29, 0.717) is 12.8 Å². The summed E-state index contributed by atoms with van der Waals surface area (Å²) in [5, 5.41) is 0. The highest BCUT2D eigenvalue weighted by Gasteiger charge is 2.09. The van der Waals surface area contributed by atoms with Crippen molar-refractivity contribution in [3.8, 4) is 0 Å². The molecule has 88 valence electrons. The molecule has 0 spiro atoms. The summed E-state index contributed by atoms with van der Waals surface area (Å²) in [7, 11) is 0. The van der Waals surface area contributed by atoms with E-state index in [9.17, 15) is 4.79 Å². The van der Waals surface area contributed by atoms with Crippen LogP contribution in [0.15, 0.2) is 24.3 Å². The van der Waals surface area contributed by atoms with Crippen molar-refractivity contribution in [2.24, 2.45) is 5.73 Å². The molecule has 0 saturated carbocycles. The fraction of sp³-hybridized carbons (Fsp3) is 0.500. The third-order valence-electron chi connectivity index (χ3n) is 2.67. The number of benzene rings is 1. The van der Waals surface area contributed by atoms with Gasteiger partial charge in [-0.2, -0.15) is 0 Å². The van der Waals surface area contributed by atoms with E-state index in [4.69, 9.17) is 5.73 Å². The van der Waals surface area contributed by atoms with Crippen molar-refractivity contribution >= 4 is 5.78 Å². The molecule has 1 rings (SSSR count). The SMILES string of the molecule is CCCC(N)CC(=O)Cc1ccc(C)cc1. The van der Waals surface area contributed by atoms with Gasteiger partial charge in [0.1, 0.15) is 5.78 Å². The lowest BCUT2D eigenvalue weighted by atomic mass is 10.0. The third kappa shape index (κ3) is 4.58. The molecule has 0 bridgehead atoms. The van der Waals surface area contributed by atoms with Gasteiger partial charge in [-0.25, -0.2) is 0 Å². The van der Waals surface area contributed by atoms with Gasteiger partial charge in [-0.3, -0.25) is 4.79 Å². The summed E-state index contributed by atoms with van der Waals surface area (Å²) >= 11 is 0. The molecule has 0 radical (unpaired) electrons. The second-order valence-electron chi connectivity index (χ2n) is 4.45. The molecule has 0 heterocycles. The molecule has 0 saturated heterocycles. The van der Waals surface area contributed by atoms with Crippen molar-refractivity contribution in [3.05, 3.63) is 35.4 Å². The van der Waals surface area contributed by atoms with Gasteiger partial charge < -0.3 is 5.73 Å². The summed E-state index contributed by atoms with van der Waals surface area (Å²) < 4.78 is 0. The number of nitrogens with two attached hydrogens (primary N) is 1. The van der Waals surface area contributed by atoms with Crippen LogP contribution < -0.4 is 5.73 Å². The maximum absolute atomic E-state index is 11.7. The molecular weight excluding hydrogens is 198 g/mol. The molecular formula is C14H21NO.